The van der Waals surface area contributed by atoms with E-state index in [4.69, 9.17) is 5.73 Å². The van der Waals surface area contributed by atoms with E-state index in [2.05, 4.69) is 0 Å². The van der Waals surface area contributed by atoms with Gasteiger partial charge in [-0.2, -0.15) is 0 Å². The van der Waals surface area contributed by atoms with Crippen LogP contribution < -0.4 is 5.73 Å². The molecule has 5 nitrogen and oxygen atoms in total. The summed E-state index contributed by atoms with van der Waals surface area (Å²) in [6, 6.07) is 2.82. The van der Waals surface area contributed by atoms with Crippen LogP contribution in [0.2, 0.25) is 0 Å². The van der Waals surface area contributed by atoms with Crippen LogP contribution in [0.1, 0.15) is 31.7 Å². The maximum absolute atomic E-state index is 13.3. The molecule has 0 aliphatic carbocycles. The minimum absolute atomic E-state index is 0.00311. The van der Waals surface area contributed by atoms with Gasteiger partial charge in [0.15, 0.2) is 0 Å². The largest absolute Gasteiger partial charge is 0.341 e. The summed E-state index contributed by atoms with van der Waals surface area (Å²) in [5, 5.41) is 0. The van der Waals surface area contributed by atoms with Gasteiger partial charge in [-0.05, 0) is 37.5 Å². The quantitative estimate of drug-likeness (QED) is 0.901. The molecule has 1 spiro atoms. The van der Waals surface area contributed by atoms with Crippen molar-refractivity contribution in [2.24, 2.45) is 11.1 Å². The molecule has 2 aliphatic rings. The number of benzene rings is 1. The molecule has 2 amide bonds. The van der Waals surface area contributed by atoms with Gasteiger partial charge in [-0.25, -0.2) is 8.78 Å². The molecule has 136 valence electrons. The van der Waals surface area contributed by atoms with Crippen molar-refractivity contribution < 1.29 is 18.4 Å². The lowest BCUT2D eigenvalue weighted by atomic mass is 9.77. The van der Waals surface area contributed by atoms with Crippen LogP contribution in [-0.2, 0) is 16.1 Å². The number of halogens is 2. The first-order chi connectivity index (χ1) is 11.8. The Labute approximate surface area is 145 Å². The Morgan fingerprint density at radius 3 is 2.40 bits per heavy atom. The van der Waals surface area contributed by atoms with Gasteiger partial charge < -0.3 is 15.5 Å². The van der Waals surface area contributed by atoms with E-state index in [9.17, 15) is 18.4 Å². The van der Waals surface area contributed by atoms with Crippen LogP contribution in [0.4, 0.5) is 8.78 Å². The molecule has 1 aromatic rings. The van der Waals surface area contributed by atoms with Gasteiger partial charge in [0.05, 0.1) is 6.04 Å². The summed E-state index contributed by atoms with van der Waals surface area (Å²) in [6.07, 6.45) is 1.90. The first-order valence-corrected chi connectivity index (χ1v) is 8.55. The Hall–Kier alpha value is -2.02. The fourth-order valence-corrected chi connectivity index (χ4v) is 3.87. The fraction of sp³-hybridized carbons (Fsp3) is 0.556. The second-order valence-electron chi connectivity index (χ2n) is 7.32. The number of carbonyl (C=O) groups excluding carboxylic acids is 2. The molecule has 0 aromatic heterocycles. The van der Waals surface area contributed by atoms with Crippen LogP contribution in [0.25, 0.3) is 0 Å². The summed E-state index contributed by atoms with van der Waals surface area (Å²) in [4.78, 5) is 27.8. The zero-order chi connectivity index (χ0) is 18.2. The first kappa shape index (κ1) is 17.8. The molecular weight excluding hydrogens is 328 g/mol. The normalized spacial score (nSPS) is 21.0. The van der Waals surface area contributed by atoms with E-state index < -0.39 is 17.7 Å². The molecule has 2 aliphatic heterocycles. The summed E-state index contributed by atoms with van der Waals surface area (Å²) >= 11 is 0. The van der Waals surface area contributed by atoms with E-state index in [0.29, 0.717) is 31.6 Å². The average molecular weight is 351 g/mol. The molecule has 0 radical (unpaired) electrons. The van der Waals surface area contributed by atoms with Crippen molar-refractivity contribution in [3.05, 3.63) is 35.4 Å². The Kier molecular flexibility index (Phi) is 4.77. The smallest absolute Gasteiger partial charge is 0.239 e. The van der Waals surface area contributed by atoms with E-state index in [1.54, 1.807) is 16.7 Å². The summed E-state index contributed by atoms with van der Waals surface area (Å²) in [5.41, 5.74) is 5.95. The van der Waals surface area contributed by atoms with E-state index in [0.717, 1.165) is 18.9 Å². The molecular formula is C18H23F2N3O2. The number of likely N-dealkylation sites (tertiary alicyclic amines) is 2. The first-order valence-electron chi connectivity index (χ1n) is 8.55. The minimum Gasteiger partial charge on any atom is -0.341 e. The molecule has 2 N–H and O–H groups in total. The Balaban J connectivity index is 1.64. The van der Waals surface area contributed by atoms with Crippen molar-refractivity contribution in [3.8, 4) is 0 Å². The van der Waals surface area contributed by atoms with Crippen LogP contribution in [0, 0.1) is 17.0 Å². The third-order valence-electron chi connectivity index (χ3n) is 5.23. The summed E-state index contributed by atoms with van der Waals surface area (Å²) in [7, 11) is 0. The van der Waals surface area contributed by atoms with Crippen molar-refractivity contribution in [2.45, 2.75) is 38.8 Å². The van der Waals surface area contributed by atoms with Gasteiger partial charge in [0.2, 0.25) is 11.8 Å². The van der Waals surface area contributed by atoms with Gasteiger partial charge >= 0.3 is 0 Å². The highest BCUT2D eigenvalue weighted by Crippen LogP contribution is 2.41. The van der Waals surface area contributed by atoms with E-state index >= 15 is 0 Å². The maximum atomic E-state index is 13.3. The van der Waals surface area contributed by atoms with Gasteiger partial charge in [0, 0.05) is 44.1 Å². The second-order valence-corrected chi connectivity index (χ2v) is 7.32. The number of hydrogen-bond acceptors (Lipinski definition) is 3. The summed E-state index contributed by atoms with van der Waals surface area (Å²) in [5.74, 6) is -1.35. The topological polar surface area (TPSA) is 66.6 Å². The molecule has 1 aromatic carbocycles. The van der Waals surface area contributed by atoms with E-state index in [1.807, 2.05) is 0 Å². The molecule has 2 fully saturated rings. The number of piperidine rings is 1. The zero-order valence-corrected chi connectivity index (χ0v) is 14.3. The summed E-state index contributed by atoms with van der Waals surface area (Å²) in [6.45, 7) is 3.62. The molecule has 2 saturated heterocycles. The lowest BCUT2D eigenvalue weighted by molar-refractivity contribution is -0.134. The molecule has 2 heterocycles. The average Bonchev–Trinajstić information content (AvgIpc) is 2.81. The number of hydrogen-bond donors (Lipinski definition) is 1. The van der Waals surface area contributed by atoms with Crippen LogP contribution in [0.5, 0.6) is 0 Å². The molecule has 0 saturated carbocycles. The number of nitrogens with zero attached hydrogens (tertiary/aromatic N) is 2. The summed E-state index contributed by atoms with van der Waals surface area (Å²) < 4.78 is 26.7. The van der Waals surface area contributed by atoms with Crippen LogP contribution in [0.15, 0.2) is 18.2 Å². The van der Waals surface area contributed by atoms with Gasteiger partial charge in [-0.1, -0.05) is 0 Å². The van der Waals surface area contributed by atoms with Crippen LogP contribution in [0.3, 0.4) is 0 Å². The van der Waals surface area contributed by atoms with Crippen LogP contribution in [-0.4, -0.2) is 47.3 Å². The number of nitrogens with two attached hydrogens (primary N) is 1. The highest BCUT2D eigenvalue weighted by atomic mass is 19.1. The SMILES string of the molecule is C[C@@H](N)C(=O)N1CCC2(CC1)CC(=O)N(Cc1cc(F)cc(F)c1)C2. The Bertz CT molecular complexity index is 665. The van der Waals surface area contributed by atoms with Crippen molar-refractivity contribution in [2.75, 3.05) is 19.6 Å². The van der Waals surface area contributed by atoms with Gasteiger partial charge in [-0.3, -0.25) is 9.59 Å². The molecule has 1 atom stereocenters. The maximum Gasteiger partial charge on any atom is 0.239 e. The van der Waals surface area contributed by atoms with E-state index in [-0.39, 0.29) is 23.8 Å². The third-order valence-corrected chi connectivity index (χ3v) is 5.23. The molecule has 0 unspecified atom stereocenters. The lowest BCUT2D eigenvalue weighted by Crippen LogP contribution is -2.49. The van der Waals surface area contributed by atoms with Crippen molar-refractivity contribution in [1.82, 2.24) is 9.80 Å². The Morgan fingerprint density at radius 1 is 1.24 bits per heavy atom. The van der Waals surface area contributed by atoms with Crippen molar-refractivity contribution in [1.29, 1.82) is 0 Å². The standard InChI is InChI=1S/C18H23F2N3O2/c1-12(21)17(25)22-4-2-18(3-5-22)9-16(24)23(11-18)10-13-6-14(19)8-15(20)7-13/h6-8,12H,2-5,9-11,21H2,1H3/t12-/m1/s1. The predicted molar refractivity (Wildman–Crippen MR) is 88.3 cm³/mol. The second kappa shape index (κ2) is 6.71. The van der Waals surface area contributed by atoms with Crippen molar-refractivity contribution in [3.63, 3.8) is 0 Å². The number of rotatable bonds is 3. The van der Waals surface area contributed by atoms with Gasteiger partial charge in [-0.15, -0.1) is 0 Å². The highest BCUT2D eigenvalue weighted by Gasteiger charge is 2.45. The van der Waals surface area contributed by atoms with Crippen LogP contribution >= 0.6 is 0 Å². The molecule has 25 heavy (non-hydrogen) atoms. The fourth-order valence-electron chi connectivity index (χ4n) is 3.87. The zero-order valence-electron chi connectivity index (χ0n) is 14.3. The van der Waals surface area contributed by atoms with Gasteiger partial charge in [0.1, 0.15) is 11.6 Å². The predicted octanol–water partition coefficient (Wildman–Crippen LogP) is 1.65. The molecule has 0 bridgehead atoms. The highest BCUT2D eigenvalue weighted by molar-refractivity contribution is 5.82. The van der Waals surface area contributed by atoms with Gasteiger partial charge in [0.25, 0.3) is 0 Å². The minimum atomic E-state index is -0.640. The van der Waals surface area contributed by atoms with Crippen molar-refractivity contribution >= 4 is 11.8 Å². The lowest BCUT2D eigenvalue weighted by Gasteiger charge is -2.39. The molecule has 3 rings (SSSR count). The Morgan fingerprint density at radius 2 is 1.84 bits per heavy atom. The van der Waals surface area contributed by atoms with E-state index in [1.165, 1.54) is 12.1 Å². The monoisotopic (exact) mass is 351 g/mol. The molecule has 7 heteroatoms. The number of carbonyl (C=O) groups is 2. The third kappa shape index (κ3) is 3.81. The number of amides is 2.